The molecule has 4 aliphatic carbocycles. The molecule has 0 aliphatic heterocycles. The number of fused-ring (bicyclic) bond motifs is 5. The summed E-state index contributed by atoms with van der Waals surface area (Å²) in [4.78, 5) is 24.2. The van der Waals surface area contributed by atoms with E-state index < -0.39 is 41.1 Å². The topological polar surface area (TPSA) is 94.8 Å². The summed E-state index contributed by atoms with van der Waals surface area (Å²) in [6.07, 6.45) is 1.57. The Morgan fingerprint density at radius 3 is 2.70 bits per heavy atom. The highest BCUT2D eigenvalue weighted by atomic mass is 19.1. The Kier molecular flexibility index (Phi) is 4.23. The molecule has 0 aromatic carbocycles. The van der Waals surface area contributed by atoms with Crippen molar-refractivity contribution in [3.8, 4) is 0 Å². The molecule has 3 saturated carbocycles. The molecule has 0 spiro atoms. The molecule has 0 bridgehead atoms. The zero-order valence-corrected chi connectivity index (χ0v) is 15.9. The van der Waals surface area contributed by atoms with E-state index in [1.165, 1.54) is 6.08 Å². The summed E-state index contributed by atoms with van der Waals surface area (Å²) in [5.41, 5.74) is -2.61. The van der Waals surface area contributed by atoms with Crippen LogP contribution in [0.15, 0.2) is 11.6 Å². The first-order valence-corrected chi connectivity index (χ1v) is 10.0. The zero-order valence-electron chi connectivity index (χ0n) is 15.9. The summed E-state index contributed by atoms with van der Waals surface area (Å²) in [5.74, 6) is -1.11. The number of Topliss-reactive ketones (excluding diaryl/α,β-unsaturated/α-hetero) is 1. The van der Waals surface area contributed by atoms with Crippen molar-refractivity contribution >= 4 is 11.6 Å². The number of carbonyl (C=O) groups is 2. The lowest BCUT2D eigenvalue weighted by Gasteiger charge is -2.61. The van der Waals surface area contributed by atoms with Gasteiger partial charge in [0, 0.05) is 11.8 Å². The van der Waals surface area contributed by atoms with Crippen LogP contribution in [0, 0.1) is 28.6 Å². The lowest BCUT2D eigenvalue weighted by atomic mass is 9.45. The van der Waals surface area contributed by atoms with Gasteiger partial charge in [0.1, 0.15) is 18.4 Å². The van der Waals surface area contributed by atoms with E-state index in [1.807, 2.05) is 13.8 Å². The SMILES string of the molecule is C[C@]12CCC(=O)C=C1[C@@H](F)C[C@H]1[C@H]2[C@H](O)C[C@@]2(C)[C@@H]1CC[C@@]2(O)C(=O)CO. The fourth-order valence-electron chi connectivity index (χ4n) is 7.29. The van der Waals surface area contributed by atoms with Gasteiger partial charge >= 0.3 is 0 Å². The minimum absolute atomic E-state index is 0.0532. The minimum Gasteiger partial charge on any atom is -0.393 e. The van der Waals surface area contributed by atoms with Crippen molar-refractivity contribution in [3.05, 3.63) is 11.6 Å². The van der Waals surface area contributed by atoms with Crippen LogP contribution < -0.4 is 0 Å². The molecule has 4 aliphatic rings. The van der Waals surface area contributed by atoms with Crippen molar-refractivity contribution < 1.29 is 29.3 Å². The summed E-state index contributed by atoms with van der Waals surface area (Å²) in [5, 5.41) is 31.6. The van der Waals surface area contributed by atoms with Gasteiger partial charge in [-0.1, -0.05) is 13.8 Å². The van der Waals surface area contributed by atoms with E-state index >= 15 is 4.39 Å². The Morgan fingerprint density at radius 1 is 1.33 bits per heavy atom. The van der Waals surface area contributed by atoms with Gasteiger partial charge in [-0.25, -0.2) is 4.39 Å². The molecular weight excluding hydrogens is 351 g/mol. The number of hydrogen-bond donors (Lipinski definition) is 3. The second kappa shape index (κ2) is 5.94. The van der Waals surface area contributed by atoms with Gasteiger partial charge in [-0.3, -0.25) is 9.59 Å². The second-order valence-electron chi connectivity index (χ2n) is 9.65. The van der Waals surface area contributed by atoms with Gasteiger partial charge in [0.05, 0.1) is 6.10 Å². The average Bonchev–Trinajstić information content (AvgIpc) is 2.87. The first-order chi connectivity index (χ1) is 12.6. The normalized spacial score (nSPS) is 51.9. The molecule has 0 unspecified atom stereocenters. The number of halogens is 1. The quantitative estimate of drug-likeness (QED) is 0.678. The van der Waals surface area contributed by atoms with Crippen molar-refractivity contribution in [2.45, 2.75) is 70.2 Å². The highest BCUT2D eigenvalue weighted by molar-refractivity contribution is 5.92. The summed E-state index contributed by atoms with van der Waals surface area (Å²) >= 11 is 0. The molecule has 27 heavy (non-hydrogen) atoms. The van der Waals surface area contributed by atoms with Crippen molar-refractivity contribution in [2.24, 2.45) is 28.6 Å². The molecule has 6 heteroatoms. The van der Waals surface area contributed by atoms with Gasteiger partial charge in [0.2, 0.25) is 0 Å². The van der Waals surface area contributed by atoms with E-state index in [0.29, 0.717) is 24.8 Å². The molecule has 3 N–H and O–H groups in total. The number of ketones is 2. The summed E-state index contributed by atoms with van der Waals surface area (Å²) in [6.45, 7) is 3.03. The van der Waals surface area contributed by atoms with Crippen LogP contribution in [0.5, 0.6) is 0 Å². The first-order valence-electron chi connectivity index (χ1n) is 10.0. The minimum atomic E-state index is -1.68. The average molecular weight is 380 g/mol. The van der Waals surface area contributed by atoms with Crippen molar-refractivity contribution in [3.63, 3.8) is 0 Å². The third-order valence-electron chi connectivity index (χ3n) is 8.63. The van der Waals surface area contributed by atoms with Crippen LogP contribution in [-0.2, 0) is 9.59 Å². The van der Waals surface area contributed by atoms with Gasteiger partial charge in [-0.15, -0.1) is 0 Å². The highest BCUT2D eigenvalue weighted by Gasteiger charge is 2.69. The number of allylic oxidation sites excluding steroid dienone is 1. The maximum absolute atomic E-state index is 15.2. The number of aliphatic hydroxyl groups is 3. The van der Waals surface area contributed by atoms with Crippen LogP contribution >= 0.6 is 0 Å². The molecule has 5 nitrogen and oxygen atoms in total. The number of hydrogen-bond acceptors (Lipinski definition) is 5. The molecule has 4 rings (SSSR count). The van der Waals surface area contributed by atoms with E-state index in [4.69, 9.17) is 0 Å². The first kappa shape index (κ1) is 19.2. The van der Waals surface area contributed by atoms with Crippen LogP contribution in [0.1, 0.15) is 52.4 Å². The fourth-order valence-corrected chi connectivity index (χ4v) is 7.29. The number of carbonyl (C=O) groups excluding carboxylic acids is 2. The Bertz CT molecular complexity index is 719. The summed E-state index contributed by atoms with van der Waals surface area (Å²) in [7, 11) is 0. The summed E-state index contributed by atoms with van der Waals surface area (Å²) < 4.78 is 15.2. The van der Waals surface area contributed by atoms with Gasteiger partial charge in [0.15, 0.2) is 11.6 Å². The predicted octanol–water partition coefficient (Wildman–Crippen LogP) is 1.73. The Balaban J connectivity index is 1.77. The van der Waals surface area contributed by atoms with Crippen molar-refractivity contribution in [1.29, 1.82) is 0 Å². The second-order valence-corrected chi connectivity index (χ2v) is 9.65. The number of rotatable bonds is 2. The van der Waals surface area contributed by atoms with Crippen LogP contribution in [0.2, 0.25) is 0 Å². The monoisotopic (exact) mass is 380 g/mol. The maximum atomic E-state index is 15.2. The molecule has 0 saturated heterocycles. The molecule has 0 heterocycles. The number of alkyl halides is 1. The predicted molar refractivity (Wildman–Crippen MR) is 95.4 cm³/mol. The Morgan fingerprint density at radius 2 is 2.04 bits per heavy atom. The van der Waals surface area contributed by atoms with Crippen LogP contribution in [0.3, 0.4) is 0 Å². The van der Waals surface area contributed by atoms with Crippen molar-refractivity contribution in [1.82, 2.24) is 0 Å². The molecule has 8 atom stereocenters. The molecule has 0 radical (unpaired) electrons. The van der Waals surface area contributed by atoms with E-state index in [2.05, 4.69) is 0 Å². The standard InChI is InChI=1S/C21H29FO5/c1-19-5-3-11(24)7-14(19)15(22)8-12-13-4-6-21(27,17(26)10-23)20(13,2)9-16(25)18(12)19/h7,12-13,15-16,18,23,25,27H,3-6,8-10H2,1-2H3/t12-,13-,15+,16-,18+,19+,20+,21-/m1/s1. The highest BCUT2D eigenvalue weighted by Crippen LogP contribution is 2.67. The lowest BCUT2D eigenvalue weighted by molar-refractivity contribution is -0.185. The van der Waals surface area contributed by atoms with Crippen LogP contribution in [-0.4, -0.2) is 51.4 Å². The van der Waals surface area contributed by atoms with Gasteiger partial charge in [-0.2, -0.15) is 0 Å². The molecule has 150 valence electrons. The van der Waals surface area contributed by atoms with E-state index in [9.17, 15) is 24.9 Å². The third-order valence-corrected chi connectivity index (χ3v) is 8.63. The molecule has 0 amide bonds. The van der Waals surface area contributed by atoms with Gasteiger partial charge in [-0.05, 0) is 66.9 Å². The molecule has 3 fully saturated rings. The van der Waals surface area contributed by atoms with E-state index in [1.54, 1.807) is 0 Å². The largest absolute Gasteiger partial charge is 0.393 e. The number of aliphatic hydroxyl groups excluding tert-OH is 2. The maximum Gasteiger partial charge on any atom is 0.190 e. The Labute approximate surface area is 158 Å². The van der Waals surface area contributed by atoms with Crippen LogP contribution in [0.4, 0.5) is 4.39 Å². The fraction of sp³-hybridized carbons (Fsp3) is 0.810. The van der Waals surface area contributed by atoms with Gasteiger partial charge < -0.3 is 15.3 Å². The van der Waals surface area contributed by atoms with Crippen molar-refractivity contribution in [2.75, 3.05) is 6.61 Å². The lowest BCUT2D eigenvalue weighted by Crippen LogP contribution is -2.63. The van der Waals surface area contributed by atoms with E-state index in [-0.39, 0.29) is 42.8 Å². The molecule has 0 aromatic heterocycles. The van der Waals surface area contributed by atoms with E-state index in [0.717, 1.165) is 0 Å². The third kappa shape index (κ3) is 2.33. The summed E-state index contributed by atoms with van der Waals surface area (Å²) in [6, 6.07) is 0. The van der Waals surface area contributed by atoms with Crippen LogP contribution in [0.25, 0.3) is 0 Å². The zero-order chi connectivity index (χ0) is 19.8. The molecule has 0 aromatic rings. The smallest absolute Gasteiger partial charge is 0.190 e. The Hall–Kier alpha value is -1.11. The molecular formula is C21H29FO5. The van der Waals surface area contributed by atoms with Gasteiger partial charge in [0.25, 0.3) is 0 Å².